The summed E-state index contributed by atoms with van der Waals surface area (Å²) in [5.41, 5.74) is 0.746. The Labute approximate surface area is 114 Å². The van der Waals surface area contributed by atoms with Crippen LogP contribution >= 0.6 is 0 Å². The normalized spacial score (nSPS) is 16.7. The maximum Gasteiger partial charge on any atom is 0.127 e. The van der Waals surface area contributed by atoms with Crippen LogP contribution in [0.3, 0.4) is 0 Å². The van der Waals surface area contributed by atoms with Crippen LogP contribution < -0.4 is 5.32 Å². The number of morpholine rings is 1. The summed E-state index contributed by atoms with van der Waals surface area (Å²) in [7, 11) is 0. The van der Waals surface area contributed by atoms with Gasteiger partial charge in [-0.25, -0.2) is 4.39 Å². The average molecular weight is 266 g/mol. The highest BCUT2D eigenvalue weighted by atomic mass is 19.1. The maximum atomic E-state index is 13.3. The summed E-state index contributed by atoms with van der Waals surface area (Å²) in [6, 6.07) is 6.94. The van der Waals surface area contributed by atoms with Crippen molar-refractivity contribution >= 4 is 0 Å². The van der Waals surface area contributed by atoms with Gasteiger partial charge in [-0.2, -0.15) is 0 Å². The van der Waals surface area contributed by atoms with E-state index in [2.05, 4.69) is 10.2 Å². The van der Waals surface area contributed by atoms with Crippen LogP contribution in [0.1, 0.15) is 18.4 Å². The number of benzene rings is 1. The molecule has 4 heteroatoms. The molecule has 1 aromatic rings. The molecular weight excluding hydrogens is 243 g/mol. The van der Waals surface area contributed by atoms with Gasteiger partial charge in [-0.15, -0.1) is 0 Å². The predicted octanol–water partition coefficient (Wildman–Crippen LogP) is 2.03. The zero-order valence-electron chi connectivity index (χ0n) is 11.4. The number of unbranched alkanes of at least 4 members (excludes halogenated alkanes) is 1. The minimum absolute atomic E-state index is 0.122. The van der Waals surface area contributed by atoms with Crippen LogP contribution in [-0.2, 0) is 11.3 Å². The molecule has 0 aromatic heterocycles. The van der Waals surface area contributed by atoms with Crippen molar-refractivity contribution in [1.29, 1.82) is 0 Å². The zero-order chi connectivity index (χ0) is 13.3. The van der Waals surface area contributed by atoms with Gasteiger partial charge < -0.3 is 10.1 Å². The fraction of sp³-hybridized carbons (Fsp3) is 0.600. The number of nitrogens with zero attached hydrogens (tertiary/aromatic N) is 1. The summed E-state index contributed by atoms with van der Waals surface area (Å²) in [4.78, 5) is 2.44. The Bertz CT molecular complexity index is 367. The van der Waals surface area contributed by atoms with Gasteiger partial charge in [0.05, 0.1) is 13.2 Å². The van der Waals surface area contributed by atoms with Gasteiger partial charge in [0.15, 0.2) is 0 Å². The van der Waals surface area contributed by atoms with Gasteiger partial charge in [0.25, 0.3) is 0 Å². The highest BCUT2D eigenvalue weighted by Crippen LogP contribution is 2.05. The standard InChI is InChI=1S/C15H23FN2O/c16-15-6-2-1-5-14(15)13-17-7-3-4-8-18-9-11-19-12-10-18/h1-2,5-6,17H,3-4,7-13H2. The Morgan fingerprint density at radius 1 is 1.16 bits per heavy atom. The minimum atomic E-state index is -0.122. The molecule has 1 aliphatic rings. The third-order valence-corrected chi connectivity index (χ3v) is 3.45. The second-order valence-corrected chi connectivity index (χ2v) is 4.93. The summed E-state index contributed by atoms with van der Waals surface area (Å²) in [5.74, 6) is -0.122. The van der Waals surface area contributed by atoms with Gasteiger partial charge in [0, 0.05) is 25.2 Å². The molecule has 1 aromatic carbocycles. The minimum Gasteiger partial charge on any atom is -0.379 e. The zero-order valence-corrected chi connectivity index (χ0v) is 11.4. The van der Waals surface area contributed by atoms with E-state index in [-0.39, 0.29) is 5.82 Å². The van der Waals surface area contributed by atoms with E-state index < -0.39 is 0 Å². The lowest BCUT2D eigenvalue weighted by Crippen LogP contribution is -2.37. The van der Waals surface area contributed by atoms with Crippen molar-refractivity contribution in [2.45, 2.75) is 19.4 Å². The third-order valence-electron chi connectivity index (χ3n) is 3.45. The Balaban J connectivity index is 1.51. The van der Waals surface area contributed by atoms with Gasteiger partial charge in [-0.05, 0) is 32.0 Å². The van der Waals surface area contributed by atoms with Crippen LogP contribution in [-0.4, -0.2) is 44.3 Å². The first-order valence-electron chi connectivity index (χ1n) is 7.10. The van der Waals surface area contributed by atoms with Crippen molar-refractivity contribution in [2.75, 3.05) is 39.4 Å². The number of hydrogen-bond acceptors (Lipinski definition) is 3. The first-order valence-corrected chi connectivity index (χ1v) is 7.10. The number of hydrogen-bond donors (Lipinski definition) is 1. The van der Waals surface area contributed by atoms with Crippen LogP contribution in [0.15, 0.2) is 24.3 Å². The molecule has 0 spiro atoms. The molecular formula is C15H23FN2O. The number of halogens is 1. The van der Waals surface area contributed by atoms with E-state index in [1.165, 1.54) is 12.5 Å². The van der Waals surface area contributed by atoms with E-state index in [0.29, 0.717) is 6.54 Å². The second-order valence-electron chi connectivity index (χ2n) is 4.93. The highest BCUT2D eigenvalue weighted by Gasteiger charge is 2.08. The molecule has 0 aliphatic carbocycles. The number of rotatable bonds is 7. The number of nitrogens with one attached hydrogen (secondary N) is 1. The second kappa shape index (κ2) is 8.25. The van der Waals surface area contributed by atoms with E-state index in [1.54, 1.807) is 6.07 Å². The topological polar surface area (TPSA) is 24.5 Å². The molecule has 0 radical (unpaired) electrons. The molecule has 19 heavy (non-hydrogen) atoms. The first-order chi connectivity index (χ1) is 9.36. The summed E-state index contributed by atoms with van der Waals surface area (Å²) < 4.78 is 18.7. The van der Waals surface area contributed by atoms with Gasteiger partial charge >= 0.3 is 0 Å². The van der Waals surface area contributed by atoms with Crippen molar-refractivity contribution in [1.82, 2.24) is 10.2 Å². The van der Waals surface area contributed by atoms with Crippen LogP contribution in [0, 0.1) is 5.82 Å². The van der Waals surface area contributed by atoms with Crippen molar-refractivity contribution in [3.63, 3.8) is 0 Å². The lowest BCUT2D eigenvalue weighted by atomic mass is 10.2. The van der Waals surface area contributed by atoms with Crippen LogP contribution in [0.2, 0.25) is 0 Å². The molecule has 3 nitrogen and oxygen atoms in total. The van der Waals surface area contributed by atoms with Gasteiger partial charge in [-0.1, -0.05) is 18.2 Å². The summed E-state index contributed by atoms with van der Waals surface area (Å²) in [5, 5.41) is 3.30. The molecule has 1 N–H and O–H groups in total. The predicted molar refractivity (Wildman–Crippen MR) is 74.6 cm³/mol. The lowest BCUT2D eigenvalue weighted by molar-refractivity contribution is 0.0372. The Morgan fingerprint density at radius 2 is 1.95 bits per heavy atom. The molecule has 0 saturated carbocycles. The molecule has 0 amide bonds. The number of ether oxygens (including phenoxy) is 1. The fourth-order valence-electron chi connectivity index (χ4n) is 2.27. The van der Waals surface area contributed by atoms with E-state index in [0.717, 1.165) is 51.4 Å². The van der Waals surface area contributed by atoms with Gasteiger partial charge in [-0.3, -0.25) is 4.90 Å². The summed E-state index contributed by atoms with van der Waals surface area (Å²) >= 11 is 0. The van der Waals surface area contributed by atoms with E-state index in [9.17, 15) is 4.39 Å². The largest absolute Gasteiger partial charge is 0.379 e. The molecule has 1 aliphatic heterocycles. The van der Waals surface area contributed by atoms with E-state index in [4.69, 9.17) is 4.74 Å². The SMILES string of the molecule is Fc1ccccc1CNCCCCN1CCOCC1. The smallest absolute Gasteiger partial charge is 0.127 e. The third kappa shape index (κ3) is 5.27. The summed E-state index contributed by atoms with van der Waals surface area (Å²) in [6.45, 7) is 6.55. The van der Waals surface area contributed by atoms with E-state index >= 15 is 0 Å². The Hall–Kier alpha value is -0.970. The van der Waals surface area contributed by atoms with Crippen LogP contribution in [0.4, 0.5) is 4.39 Å². The first kappa shape index (κ1) is 14.4. The highest BCUT2D eigenvalue weighted by molar-refractivity contribution is 5.16. The molecule has 1 fully saturated rings. The maximum absolute atomic E-state index is 13.3. The van der Waals surface area contributed by atoms with Gasteiger partial charge in [0.2, 0.25) is 0 Å². The molecule has 2 rings (SSSR count). The van der Waals surface area contributed by atoms with Crippen molar-refractivity contribution < 1.29 is 9.13 Å². The van der Waals surface area contributed by atoms with E-state index in [1.807, 2.05) is 12.1 Å². The Morgan fingerprint density at radius 3 is 2.74 bits per heavy atom. The molecule has 106 valence electrons. The molecule has 0 bridgehead atoms. The lowest BCUT2D eigenvalue weighted by Gasteiger charge is -2.26. The molecule has 1 saturated heterocycles. The molecule has 0 atom stereocenters. The van der Waals surface area contributed by atoms with Crippen molar-refractivity contribution in [3.05, 3.63) is 35.6 Å². The van der Waals surface area contributed by atoms with Crippen molar-refractivity contribution in [2.24, 2.45) is 0 Å². The van der Waals surface area contributed by atoms with Crippen molar-refractivity contribution in [3.8, 4) is 0 Å². The van der Waals surface area contributed by atoms with Gasteiger partial charge in [0.1, 0.15) is 5.82 Å². The fourth-order valence-corrected chi connectivity index (χ4v) is 2.27. The van der Waals surface area contributed by atoms with Crippen LogP contribution in [0.5, 0.6) is 0 Å². The summed E-state index contributed by atoms with van der Waals surface area (Å²) in [6.07, 6.45) is 2.32. The molecule has 0 unspecified atom stereocenters. The van der Waals surface area contributed by atoms with Crippen LogP contribution in [0.25, 0.3) is 0 Å². The molecule has 1 heterocycles. The average Bonchev–Trinajstić information content (AvgIpc) is 2.45. The quantitative estimate of drug-likeness (QED) is 0.764. The monoisotopic (exact) mass is 266 g/mol. The Kier molecular flexibility index (Phi) is 6.27.